The topological polar surface area (TPSA) is 87.5 Å². The molecule has 0 N–H and O–H groups in total. The molecule has 7 nitrogen and oxygen atoms in total. The van der Waals surface area contributed by atoms with Crippen LogP contribution < -0.4 is 5.56 Å². The van der Waals surface area contributed by atoms with Crippen LogP contribution in [0.25, 0.3) is 10.2 Å². The molecular weight excluding hydrogens is 436 g/mol. The number of rotatable bonds is 9. The van der Waals surface area contributed by atoms with Gasteiger partial charge in [-0.25, -0.2) is 9.78 Å². The lowest BCUT2D eigenvalue weighted by Gasteiger charge is -2.15. The number of allylic oxidation sites excluding steroid dienone is 2. The first-order valence-electron chi connectivity index (χ1n) is 10.6. The molecule has 0 fully saturated rings. The molecule has 0 atom stereocenters. The minimum atomic E-state index is -0.443. The lowest BCUT2D eigenvalue weighted by Crippen LogP contribution is -2.24. The van der Waals surface area contributed by atoms with Crippen LogP contribution in [0.1, 0.15) is 61.2 Å². The van der Waals surface area contributed by atoms with E-state index in [4.69, 9.17) is 9.47 Å². The van der Waals surface area contributed by atoms with Crippen LogP contribution in [0.3, 0.4) is 0 Å². The monoisotopic (exact) mass is 464 g/mol. The Morgan fingerprint density at radius 3 is 2.68 bits per heavy atom. The largest absolute Gasteiger partial charge is 0.465 e. The van der Waals surface area contributed by atoms with Gasteiger partial charge in [0.1, 0.15) is 9.71 Å². The van der Waals surface area contributed by atoms with Crippen molar-refractivity contribution in [3.8, 4) is 0 Å². The Morgan fingerprint density at radius 2 is 2.00 bits per heavy atom. The number of thiophene rings is 1. The third-order valence-electron chi connectivity index (χ3n) is 5.14. The minimum Gasteiger partial charge on any atom is -0.465 e. The molecule has 9 heteroatoms. The Balaban J connectivity index is 2.00. The van der Waals surface area contributed by atoms with Gasteiger partial charge in [-0.3, -0.25) is 14.2 Å². The number of fused-ring (bicyclic) bond motifs is 1. The van der Waals surface area contributed by atoms with E-state index < -0.39 is 5.97 Å². The highest BCUT2D eigenvalue weighted by atomic mass is 32.2. The fourth-order valence-electron chi connectivity index (χ4n) is 3.61. The molecule has 3 rings (SSSR count). The van der Waals surface area contributed by atoms with Crippen molar-refractivity contribution in [2.75, 3.05) is 19.0 Å². The summed E-state index contributed by atoms with van der Waals surface area (Å²) in [5.41, 5.74) is 1.77. The number of ether oxygens (including phenoxy) is 2. The van der Waals surface area contributed by atoms with Gasteiger partial charge < -0.3 is 9.47 Å². The average Bonchev–Trinajstić information content (AvgIpc) is 3.09. The first-order valence-corrected chi connectivity index (χ1v) is 12.4. The Labute approximate surface area is 189 Å². The van der Waals surface area contributed by atoms with Crippen LogP contribution >= 0.6 is 23.1 Å². The van der Waals surface area contributed by atoms with Crippen molar-refractivity contribution < 1.29 is 19.1 Å². The molecule has 0 radical (unpaired) electrons. The number of carbonyl (C=O) groups excluding carboxylic acids is 2. The maximum Gasteiger partial charge on any atom is 0.348 e. The van der Waals surface area contributed by atoms with Crippen molar-refractivity contribution in [1.29, 1.82) is 0 Å². The molecule has 168 valence electrons. The van der Waals surface area contributed by atoms with Gasteiger partial charge in [0.05, 0.1) is 24.4 Å². The number of nitrogens with zero attached hydrogens (tertiary/aromatic N) is 2. The Kier molecular flexibility index (Phi) is 8.31. The summed E-state index contributed by atoms with van der Waals surface area (Å²) in [7, 11) is 0. The summed E-state index contributed by atoms with van der Waals surface area (Å²) in [4.78, 5) is 43.2. The molecule has 2 aromatic rings. The molecule has 2 heterocycles. The number of hydrogen-bond acceptors (Lipinski definition) is 8. The van der Waals surface area contributed by atoms with Gasteiger partial charge >= 0.3 is 11.9 Å². The summed E-state index contributed by atoms with van der Waals surface area (Å²) in [5.74, 6) is -0.719. The molecule has 1 aliphatic rings. The van der Waals surface area contributed by atoms with E-state index in [1.54, 1.807) is 25.3 Å². The average molecular weight is 465 g/mol. The molecule has 0 unspecified atom stereocenters. The lowest BCUT2D eigenvalue weighted by atomic mass is 9.97. The van der Waals surface area contributed by atoms with Gasteiger partial charge in [0.15, 0.2) is 5.16 Å². The van der Waals surface area contributed by atoms with Crippen LogP contribution in [-0.4, -0.2) is 40.5 Å². The minimum absolute atomic E-state index is 0.0730. The van der Waals surface area contributed by atoms with Gasteiger partial charge in [0.2, 0.25) is 0 Å². The van der Waals surface area contributed by atoms with Gasteiger partial charge in [-0.2, -0.15) is 0 Å². The third kappa shape index (κ3) is 5.57. The Hall–Kier alpha value is -2.13. The van der Waals surface area contributed by atoms with Crippen molar-refractivity contribution in [2.45, 2.75) is 64.6 Å². The molecule has 0 spiro atoms. The SMILES string of the molecule is CCOC(=O)CSc1nc2sc(C(=O)OCC)c(C)c2c(=O)n1CCC1=CCCCC1. The Morgan fingerprint density at radius 1 is 1.23 bits per heavy atom. The van der Waals surface area contributed by atoms with E-state index in [2.05, 4.69) is 11.1 Å². The zero-order valence-electron chi connectivity index (χ0n) is 18.2. The summed E-state index contributed by atoms with van der Waals surface area (Å²) in [5, 5.41) is 0.921. The van der Waals surface area contributed by atoms with Gasteiger partial charge in [0, 0.05) is 6.54 Å². The van der Waals surface area contributed by atoms with E-state index in [1.807, 2.05) is 0 Å². The molecule has 0 amide bonds. The second-order valence-corrected chi connectivity index (χ2v) is 9.20. The van der Waals surface area contributed by atoms with Crippen molar-refractivity contribution in [2.24, 2.45) is 0 Å². The molecular formula is C22H28N2O5S2. The summed E-state index contributed by atoms with van der Waals surface area (Å²) in [6.45, 7) is 6.32. The smallest absolute Gasteiger partial charge is 0.348 e. The predicted octanol–water partition coefficient (Wildman–Crippen LogP) is 4.49. The number of aryl methyl sites for hydroxylation is 1. The van der Waals surface area contributed by atoms with Gasteiger partial charge in [0.25, 0.3) is 5.56 Å². The summed E-state index contributed by atoms with van der Waals surface area (Å²) < 4.78 is 11.8. The van der Waals surface area contributed by atoms with E-state index in [-0.39, 0.29) is 23.9 Å². The van der Waals surface area contributed by atoms with E-state index in [0.717, 1.165) is 30.6 Å². The van der Waals surface area contributed by atoms with E-state index in [0.29, 0.717) is 39.0 Å². The van der Waals surface area contributed by atoms with Crippen LogP contribution in [0.5, 0.6) is 0 Å². The molecule has 31 heavy (non-hydrogen) atoms. The number of carbonyl (C=O) groups is 2. The number of esters is 2. The first-order chi connectivity index (χ1) is 15.0. The maximum atomic E-state index is 13.4. The first kappa shape index (κ1) is 23.5. The third-order valence-corrected chi connectivity index (χ3v) is 7.26. The zero-order chi connectivity index (χ0) is 22.4. The second kappa shape index (κ2) is 10.9. The van der Waals surface area contributed by atoms with Crippen molar-refractivity contribution in [1.82, 2.24) is 9.55 Å². The fraction of sp³-hybridized carbons (Fsp3) is 0.545. The summed E-state index contributed by atoms with van der Waals surface area (Å²) in [6.07, 6.45) is 7.56. The van der Waals surface area contributed by atoms with Gasteiger partial charge in [-0.15, -0.1) is 11.3 Å². The van der Waals surface area contributed by atoms with Crippen LogP contribution in [-0.2, 0) is 20.8 Å². The van der Waals surface area contributed by atoms with Crippen LogP contribution in [0, 0.1) is 6.92 Å². The number of thioether (sulfide) groups is 1. The molecule has 0 saturated heterocycles. The standard InChI is InChI=1S/C22H28N2O5S2/c1-4-28-16(25)13-30-22-23-19-17(14(3)18(31-19)21(27)29-5-2)20(26)24(22)12-11-15-9-7-6-8-10-15/h9H,4-8,10-13H2,1-3H3. The molecule has 2 aromatic heterocycles. The van der Waals surface area contributed by atoms with E-state index >= 15 is 0 Å². The highest BCUT2D eigenvalue weighted by molar-refractivity contribution is 7.99. The quantitative estimate of drug-likeness (QED) is 0.234. The van der Waals surface area contributed by atoms with Gasteiger partial charge in [-0.05, 0) is 58.4 Å². The van der Waals surface area contributed by atoms with Crippen molar-refractivity contribution >= 4 is 45.3 Å². The van der Waals surface area contributed by atoms with Crippen LogP contribution in [0.15, 0.2) is 21.6 Å². The van der Waals surface area contributed by atoms with Crippen molar-refractivity contribution in [3.63, 3.8) is 0 Å². The van der Waals surface area contributed by atoms with Gasteiger partial charge in [-0.1, -0.05) is 23.4 Å². The highest BCUT2D eigenvalue weighted by Crippen LogP contribution is 2.30. The van der Waals surface area contributed by atoms with E-state index in [9.17, 15) is 14.4 Å². The normalized spacial score (nSPS) is 13.8. The second-order valence-electron chi connectivity index (χ2n) is 7.26. The maximum absolute atomic E-state index is 13.4. The number of aromatic nitrogens is 2. The van der Waals surface area contributed by atoms with Crippen LogP contribution in [0.2, 0.25) is 0 Å². The van der Waals surface area contributed by atoms with Crippen molar-refractivity contribution in [3.05, 3.63) is 32.4 Å². The lowest BCUT2D eigenvalue weighted by molar-refractivity contribution is -0.139. The zero-order valence-corrected chi connectivity index (χ0v) is 19.8. The predicted molar refractivity (Wildman–Crippen MR) is 123 cm³/mol. The summed E-state index contributed by atoms with van der Waals surface area (Å²) >= 11 is 2.35. The number of hydrogen-bond donors (Lipinski definition) is 0. The molecule has 0 bridgehead atoms. The molecule has 0 aromatic carbocycles. The molecule has 0 saturated carbocycles. The molecule has 0 aliphatic heterocycles. The fourth-order valence-corrected chi connectivity index (χ4v) is 5.55. The van der Waals surface area contributed by atoms with E-state index in [1.165, 1.54) is 30.2 Å². The summed E-state index contributed by atoms with van der Waals surface area (Å²) in [6, 6.07) is 0. The molecule has 1 aliphatic carbocycles. The highest BCUT2D eigenvalue weighted by Gasteiger charge is 2.23. The Bertz CT molecular complexity index is 1050. The van der Waals surface area contributed by atoms with Crippen LogP contribution in [0.4, 0.5) is 0 Å².